The fourth-order valence-corrected chi connectivity index (χ4v) is 2.19. The predicted octanol–water partition coefficient (Wildman–Crippen LogP) is 2.38. The van der Waals surface area contributed by atoms with Crippen LogP contribution in [0.2, 0.25) is 0 Å². The second kappa shape index (κ2) is 5.20. The van der Waals surface area contributed by atoms with Crippen LogP contribution in [-0.2, 0) is 4.74 Å². The van der Waals surface area contributed by atoms with Gasteiger partial charge in [-0.25, -0.2) is 9.78 Å². The molecule has 0 saturated carbocycles. The Morgan fingerprint density at radius 3 is 2.76 bits per heavy atom. The number of carbonyl (C=O) groups is 1. The molecule has 1 N–H and O–H groups in total. The lowest BCUT2D eigenvalue weighted by atomic mass is 10.0. The van der Waals surface area contributed by atoms with Crippen molar-refractivity contribution in [1.82, 2.24) is 9.97 Å². The van der Waals surface area contributed by atoms with Crippen LogP contribution in [0.15, 0.2) is 53.6 Å². The number of fused-ring (bicyclic) bond motifs is 1. The van der Waals surface area contributed by atoms with Crippen LogP contribution in [0.5, 0.6) is 0 Å². The SMILES string of the molecule is COC(=O)c1cccc(-c2ccc3c(=O)[nH]cnc3c2)c1. The molecular weight excluding hydrogens is 268 g/mol. The number of aromatic nitrogens is 2. The van der Waals surface area contributed by atoms with Gasteiger partial charge in [0.15, 0.2) is 0 Å². The maximum Gasteiger partial charge on any atom is 0.337 e. The van der Waals surface area contributed by atoms with Gasteiger partial charge in [-0.05, 0) is 35.4 Å². The molecule has 2 aromatic carbocycles. The van der Waals surface area contributed by atoms with E-state index in [9.17, 15) is 9.59 Å². The number of rotatable bonds is 2. The van der Waals surface area contributed by atoms with Crippen LogP contribution < -0.4 is 5.56 Å². The molecule has 0 spiro atoms. The summed E-state index contributed by atoms with van der Waals surface area (Å²) in [4.78, 5) is 29.9. The lowest BCUT2D eigenvalue weighted by Gasteiger charge is -2.05. The first-order valence-corrected chi connectivity index (χ1v) is 6.35. The Kier molecular flexibility index (Phi) is 3.23. The van der Waals surface area contributed by atoms with Crippen molar-refractivity contribution < 1.29 is 9.53 Å². The van der Waals surface area contributed by atoms with E-state index in [1.54, 1.807) is 24.3 Å². The summed E-state index contributed by atoms with van der Waals surface area (Å²) in [6.07, 6.45) is 1.37. The van der Waals surface area contributed by atoms with E-state index in [0.717, 1.165) is 11.1 Å². The number of methoxy groups -OCH3 is 1. The molecule has 21 heavy (non-hydrogen) atoms. The molecule has 0 saturated heterocycles. The molecule has 5 heteroatoms. The Labute approximate surface area is 120 Å². The highest BCUT2D eigenvalue weighted by Crippen LogP contribution is 2.23. The van der Waals surface area contributed by atoms with Crippen LogP contribution >= 0.6 is 0 Å². The largest absolute Gasteiger partial charge is 0.465 e. The van der Waals surface area contributed by atoms with E-state index in [1.165, 1.54) is 13.4 Å². The molecule has 104 valence electrons. The summed E-state index contributed by atoms with van der Waals surface area (Å²) >= 11 is 0. The van der Waals surface area contributed by atoms with E-state index in [1.807, 2.05) is 18.2 Å². The van der Waals surface area contributed by atoms with E-state index >= 15 is 0 Å². The molecule has 0 aliphatic heterocycles. The van der Waals surface area contributed by atoms with Crippen molar-refractivity contribution in [3.05, 3.63) is 64.7 Å². The van der Waals surface area contributed by atoms with Gasteiger partial charge in [0.25, 0.3) is 5.56 Å². The summed E-state index contributed by atoms with van der Waals surface area (Å²) in [7, 11) is 1.35. The highest BCUT2D eigenvalue weighted by molar-refractivity contribution is 5.91. The molecular formula is C16H12N2O3. The Morgan fingerprint density at radius 1 is 1.14 bits per heavy atom. The Balaban J connectivity index is 2.12. The van der Waals surface area contributed by atoms with Gasteiger partial charge in [0.2, 0.25) is 0 Å². The monoisotopic (exact) mass is 280 g/mol. The first kappa shape index (κ1) is 13.1. The molecule has 3 rings (SSSR count). The molecule has 5 nitrogen and oxygen atoms in total. The lowest BCUT2D eigenvalue weighted by molar-refractivity contribution is 0.0601. The Bertz CT molecular complexity index is 884. The molecule has 0 atom stereocenters. The zero-order chi connectivity index (χ0) is 14.8. The van der Waals surface area contributed by atoms with Gasteiger partial charge >= 0.3 is 5.97 Å². The summed E-state index contributed by atoms with van der Waals surface area (Å²) in [6.45, 7) is 0. The minimum absolute atomic E-state index is 0.171. The van der Waals surface area contributed by atoms with Crippen molar-refractivity contribution in [3.63, 3.8) is 0 Å². The third-order valence-corrected chi connectivity index (χ3v) is 3.26. The zero-order valence-electron chi connectivity index (χ0n) is 11.3. The van der Waals surface area contributed by atoms with Crippen molar-refractivity contribution in [1.29, 1.82) is 0 Å². The van der Waals surface area contributed by atoms with Crippen LogP contribution in [0.4, 0.5) is 0 Å². The van der Waals surface area contributed by atoms with Gasteiger partial charge in [-0.15, -0.1) is 0 Å². The maximum atomic E-state index is 11.7. The highest BCUT2D eigenvalue weighted by atomic mass is 16.5. The van der Waals surface area contributed by atoms with Gasteiger partial charge in [-0.1, -0.05) is 18.2 Å². The topological polar surface area (TPSA) is 72.1 Å². The predicted molar refractivity (Wildman–Crippen MR) is 79.1 cm³/mol. The summed E-state index contributed by atoms with van der Waals surface area (Å²) in [5, 5.41) is 0.533. The average molecular weight is 280 g/mol. The molecule has 0 amide bonds. The number of H-pyrrole nitrogens is 1. The van der Waals surface area contributed by atoms with Gasteiger partial charge in [-0.2, -0.15) is 0 Å². The smallest absolute Gasteiger partial charge is 0.337 e. The third kappa shape index (κ3) is 2.41. The number of nitrogens with one attached hydrogen (secondary N) is 1. The maximum absolute atomic E-state index is 11.7. The lowest BCUT2D eigenvalue weighted by Crippen LogP contribution is -2.05. The van der Waals surface area contributed by atoms with Gasteiger partial charge in [0.1, 0.15) is 0 Å². The van der Waals surface area contributed by atoms with E-state index in [2.05, 4.69) is 9.97 Å². The normalized spacial score (nSPS) is 10.5. The van der Waals surface area contributed by atoms with Gasteiger partial charge < -0.3 is 9.72 Å². The minimum Gasteiger partial charge on any atom is -0.465 e. The van der Waals surface area contributed by atoms with E-state index in [0.29, 0.717) is 16.5 Å². The number of hydrogen-bond donors (Lipinski definition) is 1. The molecule has 0 bridgehead atoms. The standard InChI is InChI=1S/C16H12N2O3/c1-21-16(20)12-4-2-3-10(7-12)11-5-6-13-14(8-11)17-9-18-15(13)19/h2-9H,1H3,(H,17,18,19). The number of ether oxygens (including phenoxy) is 1. The molecule has 1 heterocycles. The van der Waals surface area contributed by atoms with Crippen molar-refractivity contribution in [2.24, 2.45) is 0 Å². The Hall–Kier alpha value is -2.95. The van der Waals surface area contributed by atoms with Crippen molar-refractivity contribution in [3.8, 4) is 11.1 Å². The third-order valence-electron chi connectivity index (χ3n) is 3.26. The van der Waals surface area contributed by atoms with Gasteiger partial charge in [0.05, 0.1) is 29.9 Å². The number of aromatic amines is 1. The van der Waals surface area contributed by atoms with E-state index in [-0.39, 0.29) is 11.5 Å². The van der Waals surface area contributed by atoms with E-state index < -0.39 is 0 Å². The number of benzene rings is 2. The summed E-state index contributed by atoms with van der Waals surface area (Å²) < 4.78 is 4.72. The molecule has 0 fully saturated rings. The Morgan fingerprint density at radius 2 is 1.95 bits per heavy atom. The molecule has 0 aliphatic rings. The zero-order valence-corrected chi connectivity index (χ0v) is 11.3. The molecule has 0 unspecified atom stereocenters. The second-order valence-electron chi connectivity index (χ2n) is 4.54. The number of esters is 1. The van der Waals surface area contributed by atoms with Gasteiger partial charge in [0, 0.05) is 0 Å². The molecule has 0 aliphatic carbocycles. The molecule has 1 aromatic heterocycles. The summed E-state index contributed by atoms with van der Waals surface area (Å²) in [5.74, 6) is -0.382. The van der Waals surface area contributed by atoms with Crippen LogP contribution in [-0.4, -0.2) is 23.0 Å². The van der Waals surface area contributed by atoms with Crippen molar-refractivity contribution in [2.45, 2.75) is 0 Å². The second-order valence-corrected chi connectivity index (χ2v) is 4.54. The van der Waals surface area contributed by atoms with Crippen molar-refractivity contribution >= 4 is 16.9 Å². The first-order chi connectivity index (χ1) is 10.2. The quantitative estimate of drug-likeness (QED) is 0.731. The summed E-state index contributed by atoms with van der Waals surface area (Å²) in [5.41, 5.74) is 2.66. The van der Waals surface area contributed by atoms with Crippen molar-refractivity contribution in [2.75, 3.05) is 7.11 Å². The van der Waals surface area contributed by atoms with Crippen LogP contribution in [0.25, 0.3) is 22.0 Å². The van der Waals surface area contributed by atoms with Gasteiger partial charge in [-0.3, -0.25) is 4.79 Å². The first-order valence-electron chi connectivity index (χ1n) is 6.35. The molecule has 0 radical (unpaired) electrons. The van der Waals surface area contributed by atoms with Crippen LogP contribution in [0, 0.1) is 0 Å². The van der Waals surface area contributed by atoms with E-state index in [4.69, 9.17) is 4.74 Å². The number of hydrogen-bond acceptors (Lipinski definition) is 4. The van der Waals surface area contributed by atoms with Crippen LogP contribution in [0.3, 0.4) is 0 Å². The number of nitrogens with zero attached hydrogens (tertiary/aromatic N) is 1. The minimum atomic E-state index is -0.382. The average Bonchev–Trinajstić information content (AvgIpc) is 2.54. The molecule has 3 aromatic rings. The highest BCUT2D eigenvalue weighted by Gasteiger charge is 2.08. The number of carbonyl (C=O) groups excluding carboxylic acids is 1. The fourth-order valence-electron chi connectivity index (χ4n) is 2.19. The fraction of sp³-hybridized carbons (Fsp3) is 0.0625. The van der Waals surface area contributed by atoms with Crippen LogP contribution in [0.1, 0.15) is 10.4 Å². The summed E-state index contributed by atoms with van der Waals surface area (Å²) in [6, 6.07) is 12.5.